The Morgan fingerprint density at radius 1 is 1.24 bits per heavy atom. The van der Waals surface area contributed by atoms with Gasteiger partial charge in [-0.2, -0.15) is 0 Å². The molecule has 2 heterocycles. The van der Waals surface area contributed by atoms with Crippen LogP contribution in [0.15, 0.2) is 50.1 Å². The third-order valence-electron chi connectivity index (χ3n) is 3.36. The molecule has 0 bridgehead atoms. The van der Waals surface area contributed by atoms with Crippen molar-refractivity contribution in [2.24, 2.45) is 0 Å². The first kappa shape index (κ1) is 16.4. The van der Waals surface area contributed by atoms with Crippen molar-refractivity contribution in [2.75, 3.05) is 5.32 Å². The zero-order valence-electron chi connectivity index (χ0n) is 13.4. The number of hydrogen-bond acceptors (Lipinski definition) is 7. The van der Waals surface area contributed by atoms with Crippen LogP contribution in [0.5, 0.6) is 0 Å². The summed E-state index contributed by atoms with van der Waals surface area (Å²) in [6.07, 6.45) is -1.13. The minimum atomic E-state index is -1.13. The smallest absolute Gasteiger partial charge is 0.375 e. The number of para-hydroxylation sites is 1. The molecule has 0 fully saturated rings. The van der Waals surface area contributed by atoms with Gasteiger partial charge in [-0.25, -0.2) is 4.79 Å². The van der Waals surface area contributed by atoms with E-state index in [1.807, 2.05) is 0 Å². The van der Waals surface area contributed by atoms with Gasteiger partial charge in [0.05, 0.1) is 11.1 Å². The molecule has 1 N–H and O–H groups in total. The molecule has 3 rings (SSSR count). The first-order chi connectivity index (χ1) is 11.9. The highest BCUT2D eigenvalue weighted by Gasteiger charge is 2.22. The van der Waals surface area contributed by atoms with E-state index in [4.69, 9.17) is 13.7 Å². The van der Waals surface area contributed by atoms with E-state index in [9.17, 15) is 14.4 Å². The Morgan fingerprint density at radius 2 is 2.00 bits per heavy atom. The molecular weight excluding hydrogens is 328 g/mol. The van der Waals surface area contributed by atoms with Gasteiger partial charge in [0.1, 0.15) is 5.58 Å². The van der Waals surface area contributed by atoms with Crippen LogP contribution >= 0.6 is 0 Å². The summed E-state index contributed by atoms with van der Waals surface area (Å²) < 4.78 is 15.3. The minimum Gasteiger partial charge on any atom is -0.449 e. The standard InChI is InChI=1S/C17H14N2O6/c1-9-7-15(25-19-9)18-16(21)10(2)23-17(22)14-8-12(20)11-5-3-4-6-13(11)24-14/h3-8,10H,1-2H3,(H,18,21). The second-order valence-corrected chi connectivity index (χ2v) is 5.34. The zero-order chi connectivity index (χ0) is 18.0. The SMILES string of the molecule is Cc1cc(NC(=O)C(C)OC(=O)c2cc(=O)c3ccccc3o2)on1. The molecule has 25 heavy (non-hydrogen) atoms. The number of nitrogens with zero attached hydrogens (tertiary/aromatic N) is 1. The van der Waals surface area contributed by atoms with Crippen LogP contribution in [0.1, 0.15) is 23.2 Å². The fourth-order valence-corrected chi connectivity index (χ4v) is 2.12. The molecule has 0 aliphatic carbocycles. The third kappa shape index (κ3) is 3.57. The predicted molar refractivity (Wildman–Crippen MR) is 87.2 cm³/mol. The number of ether oxygens (including phenoxy) is 1. The van der Waals surface area contributed by atoms with Gasteiger partial charge < -0.3 is 13.7 Å². The summed E-state index contributed by atoms with van der Waals surface area (Å²) >= 11 is 0. The van der Waals surface area contributed by atoms with E-state index in [1.54, 1.807) is 31.2 Å². The van der Waals surface area contributed by atoms with Gasteiger partial charge in [-0.15, -0.1) is 0 Å². The Morgan fingerprint density at radius 3 is 2.72 bits per heavy atom. The second-order valence-electron chi connectivity index (χ2n) is 5.34. The maximum atomic E-state index is 12.1. The summed E-state index contributed by atoms with van der Waals surface area (Å²) in [5, 5.41) is 6.40. The van der Waals surface area contributed by atoms with Crippen LogP contribution in [0, 0.1) is 6.92 Å². The van der Waals surface area contributed by atoms with Gasteiger partial charge in [0.2, 0.25) is 11.6 Å². The molecule has 0 radical (unpaired) electrons. The zero-order valence-corrected chi connectivity index (χ0v) is 13.4. The summed E-state index contributed by atoms with van der Waals surface area (Å²) in [4.78, 5) is 36.1. The molecule has 2 aromatic heterocycles. The van der Waals surface area contributed by atoms with E-state index in [0.717, 1.165) is 6.07 Å². The first-order valence-electron chi connectivity index (χ1n) is 7.42. The normalized spacial score (nSPS) is 11.9. The summed E-state index contributed by atoms with van der Waals surface area (Å²) in [6.45, 7) is 3.08. The highest BCUT2D eigenvalue weighted by Crippen LogP contribution is 2.14. The number of aromatic nitrogens is 1. The highest BCUT2D eigenvalue weighted by molar-refractivity contribution is 5.96. The van der Waals surface area contributed by atoms with Gasteiger partial charge in [0.15, 0.2) is 11.5 Å². The molecule has 0 aliphatic heterocycles. The molecule has 8 nitrogen and oxygen atoms in total. The van der Waals surface area contributed by atoms with E-state index < -0.39 is 18.0 Å². The second kappa shape index (κ2) is 6.60. The number of amides is 1. The van der Waals surface area contributed by atoms with Crippen molar-refractivity contribution in [3.8, 4) is 0 Å². The lowest BCUT2D eigenvalue weighted by Gasteiger charge is -2.11. The monoisotopic (exact) mass is 342 g/mol. The summed E-state index contributed by atoms with van der Waals surface area (Å²) in [5.41, 5.74) is 0.483. The molecule has 128 valence electrons. The predicted octanol–water partition coefficient (Wildman–Crippen LogP) is 2.27. The first-order valence-corrected chi connectivity index (χ1v) is 7.42. The van der Waals surface area contributed by atoms with Crippen LogP contribution in [0.3, 0.4) is 0 Å². The van der Waals surface area contributed by atoms with Gasteiger partial charge in [-0.05, 0) is 26.0 Å². The fourth-order valence-electron chi connectivity index (χ4n) is 2.12. The molecule has 1 atom stereocenters. The van der Waals surface area contributed by atoms with Crippen molar-refractivity contribution in [3.05, 3.63) is 58.1 Å². The number of hydrogen-bond donors (Lipinski definition) is 1. The quantitative estimate of drug-likeness (QED) is 0.724. The molecular formula is C17H14N2O6. The number of nitrogens with one attached hydrogen (secondary N) is 1. The average Bonchev–Trinajstić information content (AvgIpc) is 2.99. The number of fused-ring (bicyclic) bond motifs is 1. The third-order valence-corrected chi connectivity index (χ3v) is 3.36. The van der Waals surface area contributed by atoms with E-state index in [1.165, 1.54) is 13.0 Å². The van der Waals surface area contributed by atoms with Gasteiger partial charge >= 0.3 is 5.97 Å². The number of rotatable bonds is 4. The number of carbonyl (C=O) groups excluding carboxylic acids is 2. The van der Waals surface area contributed by atoms with Crippen LogP contribution < -0.4 is 10.7 Å². The number of anilines is 1. The molecule has 8 heteroatoms. The van der Waals surface area contributed by atoms with E-state index >= 15 is 0 Å². The number of esters is 1. The molecule has 1 amide bonds. The highest BCUT2D eigenvalue weighted by atomic mass is 16.6. The number of aryl methyl sites for hydroxylation is 1. The molecule has 1 unspecified atom stereocenters. The van der Waals surface area contributed by atoms with Gasteiger partial charge in [-0.3, -0.25) is 14.9 Å². The molecule has 0 saturated heterocycles. The summed E-state index contributed by atoms with van der Waals surface area (Å²) in [5.74, 6) is -1.66. The Hall–Kier alpha value is -3.42. The summed E-state index contributed by atoms with van der Waals surface area (Å²) in [7, 11) is 0. The van der Waals surface area contributed by atoms with Crippen LogP contribution in [0.2, 0.25) is 0 Å². The molecule has 0 spiro atoms. The lowest BCUT2D eigenvalue weighted by Crippen LogP contribution is -2.30. The van der Waals surface area contributed by atoms with Gasteiger partial charge in [0.25, 0.3) is 5.91 Å². The Labute approximate surface area is 141 Å². The van der Waals surface area contributed by atoms with E-state index in [-0.39, 0.29) is 22.7 Å². The van der Waals surface area contributed by atoms with Crippen LogP contribution in [0.4, 0.5) is 5.88 Å². The fraction of sp³-hybridized carbons (Fsp3) is 0.176. The van der Waals surface area contributed by atoms with Crippen LogP contribution in [0.25, 0.3) is 11.0 Å². The van der Waals surface area contributed by atoms with Gasteiger partial charge in [0, 0.05) is 12.1 Å². The Bertz CT molecular complexity index is 1000. The van der Waals surface area contributed by atoms with E-state index in [2.05, 4.69) is 10.5 Å². The van der Waals surface area contributed by atoms with Crippen molar-refractivity contribution < 1.29 is 23.3 Å². The van der Waals surface area contributed by atoms with Crippen molar-refractivity contribution in [1.29, 1.82) is 0 Å². The minimum absolute atomic E-state index is 0.141. The lowest BCUT2D eigenvalue weighted by atomic mass is 10.2. The maximum Gasteiger partial charge on any atom is 0.375 e. The summed E-state index contributed by atoms with van der Waals surface area (Å²) in [6, 6.07) is 9.08. The van der Waals surface area contributed by atoms with Crippen LogP contribution in [-0.4, -0.2) is 23.1 Å². The van der Waals surface area contributed by atoms with Crippen molar-refractivity contribution in [3.63, 3.8) is 0 Å². The van der Waals surface area contributed by atoms with Crippen molar-refractivity contribution in [2.45, 2.75) is 20.0 Å². The Balaban J connectivity index is 1.73. The molecule has 0 aliphatic rings. The topological polar surface area (TPSA) is 112 Å². The average molecular weight is 342 g/mol. The number of carbonyl (C=O) groups is 2. The lowest BCUT2D eigenvalue weighted by molar-refractivity contribution is -0.124. The Kier molecular flexibility index (Phi) is 4.34. The maximum absolute atomic E-state index is 12.1. The van der Waals surface area contributed by atoms with Crippen LogP contribution in [-0.2, 0) is 9.53 Å². The molecule has 0 saturated carbocycles. The largest absolute Gasteiger partial charge is 0.449 e. The van der Waals surface area contributed by atoms with Gasteiger partial charge in [-0.1, -0.05) is 17.3 Å². The van der Waals surface area contributed by atoms with Crippen molar-refractivity contribution in [1.82, 2.24) is 5.16 Å². The molecule has 3 aromatic rings. The number of benzene rings is 1. The van der Waals surface area contributed by atoms with Crippen molar-refractivity contribution >= 4 is 28.7 Å². The molecule has 1 aromatic carbocycles. The van der Waals surface area contributed by atoms with E-state index in [0.29, 0.717) is 11.1 Å².